The zero-order valence-electron chi connectivity index (χ0n) is 14.9. The smallest absolute Gasteiger partial charge is 0.255 e. The van der Waals surface area contributed by atoms with Gasteiger partial charge in [0, 0.05) is 11.3 Å². The average Bonchev–Trinajstić information content (AvgIpc) is 2.62. The molecule has 1 N–H and O–H groups in total. The first-order chi connectivity index (χ1) is 11.9. The van der Waals surface area contributed by atoms with Gasteiger partial charge in [-0.05, 0) is 46.4 Å². The van der Waals surface area contributed by atoms with Crippen LogP contribution in [0.5, 0.6) is 0 Å². The SMILES string of the molecule is CC(C)(C)c1cc(-c2ccccc2)ccc1NC(=O)c1ccccc1. The Bertz CT molecular complexity index is 862. The maximum Gasteiger partial charge on any atom is 0.255 e. The van der Waals surface area contributed by atoms with E-state index in [0.29, 0.717) is 5.56 Å². The van der Waals surface area contributed by atoms with E-state index in [-0.39, 0.29) is 11.3 Å². The molecule has 2 nitrogen and oxygen atoms in total. The number of carbonyl (C=O) groups excluding carboxylic acids is 1. The molecule has 2 heteroatoms. The van der Waals surface area contributed by atoms with Gasteiger partial charge in [0.25, 0.3) is 5.91 Å². The monoisotopic (exact) mass is 329 g/mol. The molecule has 1 amide bonds. The highest BCUT2D eigenvalue weighted by atomic mass is 16.1. The summed E-state index contributed by atoms with van der Waals surface area (Å²) in [5.41, 5.74) is 4.90. The van der Waals surface area contributed by atoms with E-state index in [0.717, 1.165) is 16.8 Å². The highest BCUT2D eigenvalue weighted by Crippen LogP contribution is 2.34. The third-order valence-electron chi connectivity index (χ3n) is 4.22. The maximum atomic E-state index is 12.5. The molecule has 0 heterocycles. The normalized spacial score (nSPS) is 11.2. The van der Waals surface area contributed by atoms with Crippen LogP contribution in [0.1, 0.15) is 36.7 Å². The van der Waals surface area contributed by atoms with E-state index in [4.69, 9.17) is 0 Å². The van der Waals surface area contributed by atoms with Crippen LogP contribution < -0.4 is 5.32 Å². The molecular weight excluding hydrogens is 306 g/mol. The lowest BCUT2D eigenvalue weighted by Crippen LogP contribution is -2.18. The fourth-order valence-corrected chi connectivity index (χ4v) is 2.87. The van der Waals surface area contributed by atoms with Crippen molar-refractivity contribution in [3.8, 4) is 11.1 Å². The van der Waals surface area contributed by atoms with E-state index >= 15 is 0 Å². The summed E-state index contributed by atoms with van der Waals surface area (Å²) in [6.45, 7) is 6.49. The largest absolute Gasteiger partial charge is 0.322 e. The van der Waals surface area contributed by atoms with Gasteiger partial charge in [0.2, 0.25) is 0 Å². The van der Waals surface area contributed by atoms with Gasteiger partial charge in [0.15, 0.2) is 0 Å². The molecule has 0 fully saturated rings. The van der Waals surface area contributed by atoms with E-state index in [2.05, 4.69) is 50.4 Å². The highest BCUT2D eigenvalue weighted by molar-refractivity contribution is 6.04. The minimum atomic E-state index is -0.0847. The Hall–Kier alpha value is -2.87. The summed E-state index contributed by atoms with van der Waals surface area (Å²) in [5.74, 6) is -0.0847. The van der Waals surface area contributed by atoms with Crippen molar-refractivity contribution in [3.05, 3.63) is 90.0 Å². The summed E-state index contributed by atoms with van der Waals surface area (Å²) in [6, 6.07) is 25.8. The maximum absolute atomic E-state index is 12.5. The topological polar surface area (TPSA) is 29.1 Å². The summed E-state index contributed by atoms with van der Waals surface area (Å²) in [7, 11) is 0. The minimum Gasteiger partial charge on any atom is -0.322 e. The molecule has 0 bridgehead atoms. The molecule has 25 heavy (non-hydrogen) atoms. The molecule has 0 aliphatic carbocycles. The van der Waals surface area contributed by atoms with Crippen LogP contribution in [0, 0.1) is 0 Å². The van der Waals surface area contributed by atoms with Crippen LogP contribution in [0.2, 0.25) is 0 Å². The van der Waals surface area contributed by atoms with Gasteiger partial charge < -0.3 is 5.32 Å². The highest BCUT2D eigenvalue weighted by Gasteiger charge is 2.20. The van der Waals surface area contributed by atoms with Gasteiger partial charge in [-0.1, -0.05) is 75.4 Å². The molecular formula is C23H23NO. The Labute approximate surface area is 149 Å². The molecule has 0 radical (unpaired) electrons. The molecule has 0 aliphatic rings. The van der Waals surface area contributed by atoms with Crippen molar-refractivity contribution in [2.75, 3.05) is 5.32 Å². The second kappa shape index (κ2) is 6.94. The van der Waals surface area contributed by atoms with Gasteiger partial charge in [-0.3, -0.25) is 4.79 Å². The summed E-state index contributed by atoms with van der Waals surface area (Å²) in [6.07, 6.45) is 0. The van der Waals surface area contributed by atoms with Crippen LogP contribution >= 0.6 is 0 Å². The van der Waals surface area contributed by atoms with Crippen molar-refractivity contribution in [2.24, 2.45) is 0 Å². The Morgan fingerprint density at radius 1 is 0.760 bits per heavy atom. The fraction of sp³-hybridized carbons (Fsp3) is 0.174. The van der Waals surface area contributed by atoms with Crippen LogP contribution in [0.15, 0.2) is 78.9 Å². The van der Waals surface area contributed by atoms with E-state index < -0.39 is 0 Å². The van der Waals surface area contributed by atoms with Crippen LogP contribution in [-0.4, -0.2) is 5.91 Å². The zero-order valence-corrected chi connectivity index (χ0v) is 14.9. The number of rotatable bonds is 3. The summed E-state index contributed by atoms with van der Waals surface area (Å²) in [4.78, 5) is 12.5. The molecule has 126 valence electrons. The molecule has 0 unspecified atom stereocenters. The van der Waals surface area contributed by atoms with E-state index in [1.165, 1.54) is 5.56 Å². The Morgan fingerprint density at radius 2 is 1.36 bits per heavy atom. The second-order valence-corrected chi connectivity index (χ2v) is 7.20. The molecule has 0 spiro atoms. The zero-order chi connectivity index (χ0) is 17.9. The first kappa shape index (κ1) is 17.0. The molecule has 0 atom stereocenters. The second-order valence-electron chi connectivity index (χ2n) is 7.20. The third-order valence-corrected chi connectivity index (χ3v) is 4.22. The lowest BCUT2D eigenvalue weighted by molar-refractivity contribution is 0.102. The number of anilines is 1. The summed E-state index contributed by atoms with van der Waals surface area (Å²) >= 11 is 0. The van der Waals surface area contributed by atoms with E-state index in [1.807, 2.05) is 54.6 Å². The Balaban J connectivity index is 1.98. The van der Waals surface area contributed by atoms with Gasteiger partial charge in [0.05, 0.1) is 0 Å². The standard InChI is InChI=1S/C23H23NO/c1-23(2,3)20-16-19(17-10-6-4-7-11-17)14-15-21(20)24-22(25)18-12-8-5-9-13-18/h4-16H,1-3H3,(H,24,25). The summed E-state index contributed by atoms with van der Waals surface area (Å²) in [5, 5.41) is 3.07. The molecule has 0 aromatic heterocycles. The van der Waals surface area contributed by atoms with Crippen molar-refractivity contribution in [1.29, 1.82) is 0 Å². The predicted octanol–water partition coefficient (Wildman–Crippen LogP) is 5.90. The number of carbonyl (C=O) groups is 1. The lowest BCUT2D eigenvalue weighted by Gasteiger charge is -2.24. The first-order valence-electron chi connectivity index (χ1n) is 8.51. The number of benzene rings is 3. The van der Waals surface area contributed by atoms with Gasteiger partial charge in [0.1, 0.15) is 0 Å². The van der Waals surface area contributed by atoms with Crippen molar-refractivity contribution in [2.45, 2.75) is 26.2 Å². The number of nitrogens with one attached hydrogen (secondary N) is 1. The van der Waals surface area contributed by atoms with Gasteiger partial charge in [-0.2, -0.15) is 0 Å². The fourth-order valence-electron chi connectivity index (χ4n) is 2.87. The van der Waals surface area contributed by atoms with Crippen LogP contribution in [0.3, 0.4) is 0 Å². The van der Waals surface area contributed by atoms with Crippen molar-refractivity contribution < 1.29 is 4.79 Å². The molecule has 0 aliphatic heterocycles. The molecule has 0 saturated heterocycles. The molecule has 3 aromatic carbocycles. The number of hydrogen-bond acceptors (Lipinski definition) is 1. The van der Waals surface area contributed by atoms with Crippen LogP contribution in [-0.2, 0) is 5.41 Å². The van der Waals surface area contributed by atoms with Crippen molar-refractivity contribution in [1.82, 2.24) is 0 Å². The van der Waals surface area contributed by atoms with Crippen LogP contribution in [0.4, 0.5) is 5.69 Å². The first-order valence-corrected chi connectivity index (χ1v) is 8.51. The van der Waals surface area contributed by atoms with Gasteiger partial charge in [-0.15, -0.1) is 0 Å². The van der Waals surface area contributed by atoms with Crippen LogP contribution in [0.25, 0.3) is 11.1 Å². The van der Waals surface area contributed by atoms with Gasteiger partial charge in [-0.25, -0.2) is 0 Å². The van der Waals surface area contributed by atoms with Crippen molar-refractivity contribution in [3.63, 3.8) is 0 Å². The molecule has 0 saturated carbocycles. The van der Waals surface area contributed by atoms with E-state index in [9.17, 15) is 4.79 Å². The minimum absolute atomic E-state index is 0.0793. The lowest BCUT2D eigenvalue weighted by atomic mass is 9.84. The van der Waals surface area contributed by atoms with Crippen molar-refractivity contribution >= 4 is 11.6 Å². The number of amides is 1. The average molecular weight is 329 g/mol. The van der Waals surface area contributed by atoms with Gasteiger partial charge >= 0.3 is 0 Å². The molecule has 3 aromatic rings. The predicted molar refractivity (Wildman–Crippen MR) is 105 cm³/mol. The molecule has 3 rings (SSSR count). The quantitative estimate of drug-likeness (QED) is 0.636. The Morgan fingerprint density at radius 3 is 1.96 bits per heavy atom. The number of hydrogen-bond donors (Lipinski definition) is 1. The third kappa shape index (κ3) is 3.97. The van der Waals surface area contributed by atoms with E-state index in [1.54, 1.807) is 0 Å². The summed E-state index contributed by atoms with van der Waals surface area (Å²) < 4.78 is 0. The Kier molecular flexibility index (Phi) is 4.71.